The average molecular weight is 488 g/mol. The van der Waals surface area contributed by atoms with Gasteiger partial charge in [-0.3, -0.25) is 4.99 Å². The Bertz CT molecular complexity index is 553. The van der Waals surface area contributed by atoms with Crippen LogP contribution in [0.1, 0.15) is 24.9 Å². The number of para-hydroxylation sites is 1. The molecule has 1 rings (SSSR count). The number of halogens is 4. The summed E-state index contributed by atoms with van der Waals surface area (Å²) in [6, 6.07) is 7.59. The molecule has 2 N–H and O–H groups in total. The minimum absolute atomic E-state index is 0. The van der Waals surface area contributed by atoms with Crippen molar-refractivity contribution in [1.29, 1.82) is 0 Å². The molecule has 0 fully saturated rings. The van der Waals surface area contributed by atoms with Gasteiger partial charge in [-0.05, 0) is 27.1 Å². The number of nitrogens with one attached hydrogen (secondary N) is 2. The van der Waals surface area contributed by atoms with Gasteiger partial charge in [0.15, 0.2) is 5.96 Å². The van der Waals surface area contributed by atoms with Crippen molar-refractivity contribution in [2.45, 2.75) is 25.6 Å². The molecule has 1 unspecified atom stereocenters. The van der Waals surface area contributed by atoms with Gasteiger partial charge in [0.2, 0.25) is 0 Å². The van der Waals surface area contributed by atoms with Gasteiger partial charge in [-0.2, -0.15) is 13.2 Å². The van der Waals surface area contributed by atoms with Crippen LogP contribution in [0.4, 0.5) is 13.2 Å². The molecular weight excluding hydrogens is 460 g/mol. The maximum absolute atomic E-state index is 12.3. The van der Waals surface area contributed by atoms with Gasteiger partial charge in [0.05, 0.1) is 26.1 Å². The predicted molar refractivity (Wildman–Crippen MR) is 109 cm³/mol. The van der Waals surface area contributed by atoms with E-state index in [2.05, 4.69) is 15.6 Å². The number of hydrogen-bond acceptors (Lipinski definition) is 3. The van der Waals surface area contributed by atoms with Crippen LogP contribution in [0, 0.1) is 0 Å². The van der Waals surface area contributed by atoms with Gasteiger partial charge in [-0.15, -0.1) is 24.0 Å². The van der Waals surface area contributed by atoms with Crippen LogP contribution in [0.5, 0.6) is 5.75 Å². The highest BCUT2D eigenvalue weighted by molar-refractivity contribution is 14.0. The van der Waals surface area contributed by atoms with E-state index in [1.807, 2.05) is 50.2 Å². The van der Waals surface area contributed by atoms with E-state index in [0.29, 0.717) is 19.0 Å². The van der Waals surface area contributed by atoms with Crippen molar-refractivity contribution < 1.29 is 17.9 Å². The van der Waals surface area contributed by atoms with Gasteiger partial charge in [-0.1, -0.05) is 18.2 Å². The van der Waals surface area contributed by atoms with E-state index in [4.69, 9.17) is 4.74 Å². The normalized spacial score (nSPS) is 13.2. The third-order valence-corrected chi connectivity index (χ3v) is 3.59. The fourth-order valence-corrected chi connectivity index (χ4v) is 2.32. The Balaban J connectivity index is 0.00000625. The number of ether oxygens (including phenoxy) is 1. The third-order valence-electron chi connectivity index (χ3n) is 3.59. The van der Waals surface area contributed by atoms with Gasteiger partial charge in [0, 0.05) is 18.7 Å². The van der Waals surface area contributed by atoms with Crippen molar-refractivity contribution in [3.8, 4) is 5.75 Å². The van der Waals surface area contributed by atoms with Crippen LogP contribution in [-0.2, 0) is 0 Å². The summed E-state index contributed by atoms with van der Waals surface area (Å²) < 4.78 is 42.3. The number of rotatable bonds is 8. The zero-order valence-corrected chi connectivity index (χ0v) is 17.9. The average Bonchev–Trinajstić information content (AvgIpc) is 2.54. The molecule has 150 valence electrons. The Hall–Kier alpha value is -1.23. The van der Waals surface area contributed by atoms with Crippen molar-refractivity contribution in [2.75, 3.05) is 40.8 Å². The Morgan fingerprint density at radius 3 is 2.42 bits per heavy atom. The molecule has 0 aliphatic heterocycles. The van der Waals surface area contributed by atoms with Crippen LogP contribution >= 0.6 is 24.0 Å². The smallest absolute Gasteiger partial charge is 0.390 e. The fourth-order valence-electron chi connectivity index (χ4n) is 2.32. The van der Waals surface area contributed by atoms with Crippen LogP contribution in [0.2, 0.25) is 0 Å². The molecule has 0 spiro atoms. The SMILES string of the molecule is CCNC(=NCC(c1ccccc1OC)N(C)C)NCCC(F)(F)F.I. The first-order valence-corrected chi connectivity index (χ1v) is 8.16. The largest absolute Gasteiger partial charge is 0.496 e. The van der Waals surface area contributed by atoms with Gasteiger partial charge in [-0.25, -0.2) is 0 Å². The lowest BCUT2D eigenvalue weighted by Gasteiger charge is -2.25. The van der Waals surface area contributed by atoms with Crippen LogP contribution in [-0.4, -0.2) is 57.9 Å². The number of guanidine groups is 1. The molecular formula is C17H28F3IN4O. The van der Waals surface area contributed by atoms with E-state index in [-0.39, 0.29) is 36.6 Å². The van der Waals surface area contributed by atoms with Crippen LogP contribution < -0.4 is 15.4 Å². The lowest BCUT2D eigenvalue weighted by molar-refractivity contribution is -0.132. The first-order valence-electron chi connectivity index (χ1n) is 8.16. The molecule has 5 nitrogen and oxygen atoms in total. The molecule has 1 aromatic rings. The molecule has 0 aliphatic rings. The van der Waals surface area contributed by atoms with E-state index < -0.39 is 12.6 Å². The summed E-state index contributed by atoms with van der Waals surface area (Å²) in [4.78, 5) is 6.44. The van der Waals surface area contributed by atoms with E-state index in [0.717, 1.165) is 11.3 Å². The van der Waals surface area contributed by atoms with Crippen LogP contribution in [0.25, 0.3) is 0 Å². The number of aliphatic imine (C=N–C) groups is 1. The molecule has 26 heavy (non-hydrogen) atoms. The lowest BCUT2D eigenvalue weighted by atomic mass is 10.0. The molecule has 0 amide bonds. The summed E-state index contributed by atoms with van der Waals surface area (Å²) in [7, 11) is 5.46. The zero-order valence-electron chi connectivity index (χ0n) is 15.6. The summed E-state index contributed by atoms with van der Waals surface area (Å²) in [5.41, 5.74) is 0.977. The minimum Gasteiger partial charge on any atom is -0.496 e. The second-order valence-corrected chi connectivity index (χ2v) is 5.73. The van der Waals surface area contributed by atoms with E-state index >= 15 is 0 Å². The van der Waals surface area contributed by atoms with Crippen molar-refractivity contribution in [1.82, 2.24) is 15.5 Å². The van der Waals surface area contributed by atoms with Gasteiger partial charge < -0.3 is 20.3 Å². The topological polar surface area (TPSA) is 48.9 Å². The highest BCUT2D eigenvalue weighted by Crippen LogP contribution is 2.28. The number of alkyl halides is 3. The summed E-state index contributed by atoms with van der Waals surface area (Å²) >= 11 is 0. The summed E-state index contributed by atoms with van der Waals surface area (Å²) in [5, 5.41) is 5.69. The Morgan fingerprint density at radius 1 is 1.23 bits per heavy atom. The fraction of sp³-hybridized carbons (Fsp3) is 0.588. The Labute approximate surface area is 170 Å². The van der Waals surface area contributed by atoms with Gasteiger partial charge >= 0.3 is 6.18 Å². The minimum atomic E-state index is -4.19. The number of nitrogens with zero attached hydrogens (tertiary/aromatic N) is 2. The highest BCUT2D eigenvalue weighted by Gasteiger charge is 2.26. The van der Waals surface area contributed by atoms with E-state index in [1.165, 1.54) is 0 Å². The predicted octanol–water partition coefficient (Wildman–Crippen LogP) is 3.42. The molecule has 0 aromatic heterocycles. The molecule has 0 saturated heterocycles. The first kappa shape index (κ1) is 24.8. The van der Waals surface area contributed by atoms with Crippen molar-refractivity contribution >= 4 is 29.9 Å². The second kappa shape index (κ2) is 12.2. The molecule has 1 aromatic carbocycles. The van der Waals surface area contributed by atoms with Crippen LogP contribution in [0.3, 0.4) is 0 Å². The van der Waals surface area contributed by atoms with Gasteiger partial charge in [0.25, 0.3) is 0 Å². The zero-order chi connectivity index (χ0) is 18.9. The lowest BCUT2D eigenvalue weighted by Crippen LogP contribution is -2.39. The standard InChI is InChI=1S/C17H27F3N4O.HI/c1-5-21-16(22-11-10-17(18,19)20)23-12-14(24(2)3)13-8-6-7-9-15(13)25-4;/h6-9,14H,5,10-12H2,1-4H3,(H2,21,22,23);1H. The van der Waals surface area contributed by atoms with Crippen LogP contribution in [0.15, 0.2) is 29.3 Å². The summed E-state index contributed by atoms with van der Waals surface area (Å²) in [6.07, 6.45) is -5.09. The summed E-state index contributed by atoms with van der Waals surface area (Å²) in [6.45, 7) is 2.61. The quantitative estimate of drug-likeness (QED) is 0.335. The molecule has 0 saturated carbocycles. The van der Waals surface area contributed by atoms with E-state index in [1.54, 1.807) is 7.11 Å². The monoisotopic (exact) mass is 488 g/mol. The first-order chi connectivity index (χ1) is 11.8. The number of benzene rings is 1. The number of likely N-dealkylation sites (N-methyl/N-ethyl adjacent to an activating group) is 1. The van der Waals surface area contributed by atoms with Gasteiger partial charge in [0.1, 0.15) is 5.75 Å². The molecule has 0 radical (unpaired) electrons. The maximum atomic E-state index is 12.3. The number of hydrogen-bond donors (Lipinski definition) is 2. The van der Waals surface area contributed by atoms with E-state index in [9.17, 15) is 13.2 Å². The third kappa shape index (κ3) is 8.93. The molecule has 0 bridgehead atoms. The summed E-state index contributed by atoms with van der Waals surface area (Å²) in [5.74, 6) is 1.12. The Morgan fingerprint density at radius 2 is 1.88 bits per heavy atom. The second-order valence-electron chi connectivity index (χ2n) is 5.73. The van der Waals surface area contributed by atoms with Crippen molar-refractivity contribution in [3.63, 3.8) is 0 Å². The van der Waals surface area contributed by atoms with Crippen molar-refractivity contribution in [2.24, 2.45) is 4.99 Å². The Kier molecular flexibility index (Phi) is 11.6. The maximum Gasteiger partial charge on any atom is 0.390 e. The van der Waals surface area contributed by atoms with Crippen molar-refractivity contribution in [3.05, 3.63) is 29.8 Å². The molecule has 0 heterocycles. The number of methoxy groups -OCH3 is 1. The molecule has 0 aliphatic carbocycles. The molecule has 1 atom stereocenters. The molecule has 9 heteroatoms. The highest BCUT2D eigenvalue weighted by atomic mass is 127.